The van der Waals surface area contributed by atoms with E-state index in [1.165, 1.54) is 15.9 Å². The fourth-order valence-corrected chi connectivity index (χ4v) is 2.38. The molecule has 0 unspecified atom stereocenters. The van der Waals surface area contributed by atoms with E-state index < -0.39 is 0 Å². The number of benzene rings is 1. The molecule has 2 N–H and O–H groups in total. The van der Waals surface area contributed by atoms with Crippen LogP contribution in [0.25, 0.3) is 0 Å². The Labute approximate surface area is 124 Å². The van der Waals surface area contributed by atoms with Gasteiger partial charge in [-0.25, -0.2) is 4.39 Å². The predicted molar refractivity (Wildman–Crippen MR) is 71.3 cm³/mol. The van der Waals surface area contributed by atoms with Crippen LogP contribution in [0.2, 0.25) is 0 Å². The second kappa shape index (κ2) is 7.56. The van der Waals surface area contributed by atoms with Crippen molar-refractivity contribution in [2.45, 2.75) is 26.4 Å². The van der Waals surface area contributed by atoms with Crippen molar-refractivity contribution in [1.29, 1.82) is 0 Å². The van der Waals surface area contributed by atoms with E-state index in [-0.39, 0.29) is 5.82 Å². The second-order valence-electron chi connectivity index (χ2n) is 4.48. The Balaban J connectivity index is 0.000000191. The largest absolute Gasteiger partial charge is 0.326 e. The van der Waals surface area contributed by atoms with Crippen LogP contribution in [-0.2, 0) is 32.9 Å². The maximum absolute atomic E-state index is 12.2. The Morgan fingerprint density at radius 3 is 2.11 bits per heavy atom. The minimum atomic E-state index is -0.216. The molecule has 0 aliphatic carbocycles. The summed E-state index contributed by atoms with van der Waals surface area (Å²) in [6.07, 6.45) is 4.18. The molecule has 1 aromatic carbocycles. The molecule has 5 heteroatoms. The smallest absolute Gasteiger partial charge is 0.123 e. The quantitative estimate of drug-likeness (QED) is 0.760. The molecule has 0 saturated heterocycles. The molecule has 0 spiro atoms. The van der Waals surface area contributed by atoms with Gasteiger partial charge in [0.15, 0.2) is 0 Å². The number of nitrogens with two attached hydrogens (primary N) is 1. The first kappa shape index (κ1) is 16.1. The maximum atomic E-state index is 12.2. The van der Waals surface area contributed by atoms with Gasteiger partial charge in [0, 0.05) is 6.54 Å². The van der Waals surface area contributed by atoms with Crippen LogP contribution in [0.1, 0.15) is 25.5 Å². The molecule has 2 aromatic rings. The van der Waals surface area contributed by atoms with Crippen molar-refractivity contribution in [3.05, 3.63) is 51.8 Å². The Bertz CT molecular complexity index is 555. The van der Waals surface area contributed by atoms with Crippen LogP contribution in [-0.4, -0.2) is 9.13 Å². The first-order valence-electron chi connectivity index (χ1n) is 6.09. The normalized spacial score (nSPS) is 10.3. The molecule has 0 amide bonds. The van der Waals surface area contributed by atoms with Crippen LogP contribution in [0.3, 0.4) is 0 Å². The number of aryl methyl sites for hydroxylation is 1. The van der Waals surface area contributed by atoms with E-state index >= 15 is 0 Å². The van der Waals surface area contributed by atoms with Crippen molar-refractivity contribution in [3.63, 3.8) is 0 Å². The number of rotatable bonds is 2. The third kappa shape index (κ3) is 4.88. The number of aromatic nitrogens is 2. The molecule has 19 heavy (non-hydrogen) atoms. The monoisotopic (exact) mass is 444 g/mol. The minimum absolute atomic E-state index is 0.216. The van der Waals surface area contributed by atoms with E-state index in [9.17, 15) is 4.39 Å². The van der Waals surface area contributed by atoms with Crippen molar-refractivity contribution in [1.82, 2.24) is 9.13 Å². The molecule has 0 radical (unpaired) electrons. The van der Waals surface area contributed by atoms with Crippen LogP contribution in [0.4, 0.5) is 4.39 Å². The number of hydrogen-bond donors (Lipinski definition) is 1. The summed E-state index contributed by atoms with van der Waals surface area (Å²) >= 11 is 2.33. The molecule has 0 bridgehead atoms. The fraction of sp³-hybridized carbons (Fsp3) is 0.357. The van der Waals surface area contributed by atoms with Gasteiger partial charge in [-0.3, -0.25) is 0 Å². The van der Waals surface area contributed by atoms with Gasteiger partial charge in [0.1, 0.15) is 5.82 Å². The molecule has 3 nitrogen and oxygen atoms in total. The van der Waals surface area contributed by atoms with E-state index in [0.717, 1.165) is 5.56 Å². The molecule has 2 rings (SSSR count). The second-order valence-corrected chi connectivity index (χ2v) is 5.50. The topological polar surface area (TPSA) is 35.9 Å². The number of imidazole rings is 1. The van der Waals surface area contributed by atoms with Crippen molar-refractivity contribution in [3.8, 4) is 0 Å². The van der Waals surface area contributed by atoms with Gasteiger partial charge < -0.3 is 5.73 Å². The first-order valence-corrected chi connectivity index (χ1v) is 7.22. The molecular weight excluding hydrogens is 424 g/mol. The number of hydrogen-bond acceptors (Lipinski definition) is 1. The van der Waals surface area contributed by atoms with E-state index in [1.807, 2.05) is 0 Å². The summed E-state index contributed by atoms with van der Waals surface area (Å²) in [7, 11) is 2.06. The Kier molecular flexibility index (Phi) is 6.39. The number of nitrogens with zero attached hydrogens (tertiary/aromatic N) is 2. The van der Waals surface area contributed by atoms with Crippen LogP contribution in [0, 0.1) is 9.62 Å². The molecule has 0 atom stereocenters. The molecule has 0 fully saturated rings. The molecule has 0 aliphatic rings. The molecule has 0 saturated carbocycles. The molecular formula is C14H20FN3Pt. The van der Waals surface area contributed by atoms with Gasteiger partial charge in [-0.2, -0.15) is 0 Å². The summed E-state index contributed by atoms with van der Waals surface area (Å²) in [5, 5.41) is 0. The van der Waals surface area contributed by atoms with Crippen LogP contribution in [0.15, 0.2) is 36.7 Å². The average molecular weight is 444 g/mol. The average Bonchev–Trinajstić information content (AvgIpc) is 2.72. The van der Waals surface area contributed by atoms with Crippen LogP contribution < -0.4 is 5.73 Å². The third-order valence-corrected chi connectivity index (χ3v) is 4.01. The van der Waals surface area contributed by atoms with Gasteiger partial charge in [0.05, 0.1) is 0 Å². The van der Waals surface area contributed by atoms with Gasteiger partial charge in [-0.15, -0.1) is 0 Å². The van der Waals surface area contributed by atoms with Crippen LogP contribution in [0.5, 0.6) is 0 Å². The third-order valence-electron chi connectivity index (χ3n) is 2.62. The van der Waals surface area contributed by atoms with Crippen molar-refractivity contribution in [2.75, 3.05) is 0 Å². The van der Waals surface area contributed by atoms with Gasteiger partial charge in [-0.05, 0) is 17.7 Å². The van der Waals surface area contributed by atoms with E-state index in [2.05, 4.69) is 61.8 Å². The van der Waals surface area contributed by atoms with Crippen molar-refractivity contribution >= 4 is 0 Å². The maximum Gasteiger partial charge on any atom is 0.123 e. The zero-order valence-corrected chi connectivity index (χ0v) is 13.7. The van der Waals surface area contributed by atoms with Crippen LogP contribution >= 0.6 is 0 Å². The SMILES string of the molecule is CC(C)n1ccn(C)[c]1=[Pt].NCc1ccc(F)cc1. The van der Waals surface area contributed by atoms with E-state index in [0.29, 0.717) is 12.6 Å². The summed E-state index contributed by atoms with van der Waals surface area (Å²) in [4.78, 5) is 0. The van der Waals surface area contributed by atoms with Crippen molar-refractivity contribution in [2.24, 2.45) is 12.8 Å². The van der Waals surface area contributed by atoms with Gasteiger partial charge in [0.2, 0.25) is 0 Å². The molecule has 108 valence electrons. The zero-order chi connectivity index (χ0) is 14.4. The summed E-state index contributed by atoms with van der Waals surface area (Å²) in [5.41, 5.74) is 6.23. The molecule has 0 aliphatic heterocycles. The molecule has 1 aromatic heterocycles. The standard InChI is InChI=1S/C7H8FN.C7H12N2.Pt/c8-7-3-1-6(5-9)2-4-7;1-7(2)9-5-4-8(3)6-9;/h1-4H,5,9H2;4-5,7H,1-3H3;. The van der Waals surface area contributed by atoms with E-state index in [4.69, 9.17) is 5.73 Å². The molecule has 1 heterocycles. The summed E-state index contributed by atoms with van der Waals surface area (Å²) in [6.45, 7) is 4.84. The van der Waals surface area contributed by atoms with Crippen molar-refractivity contribution < 1.29 is 23.7 Å². The van der Waals surface area contributed by atoms with Gasteiger partial charge in [0.25, 0.3) is 0 Å². The summed E-state index contributed by atoms with van der Waals surface area (Å²) in [6, 6.07) is 6.73. The summed E-state index contributed by atoms with van der Waals surface area (Å²) < 4.78 is 17.8. The predicted octanol–water partition coefficient (Wildman–Crippen LogP) is 2.77. The Hall–Kier alpha value is -0.992. The summed E-state index contributed by atoms with van der Waals surface area (Å²) in [5.74, 6) is -0.216. The van der Waals surface area contributed by atoms with Gasteiger partial charge >= 0.3 is 71.6 Å². The number of halogens is 1. The zero-order valence-electron chi connectivity index (χ0n) is 11.4. The minimum Gasteiger partial charge on any atom is -0.326 e. The first-order chi connectivity index (χ1) is 8.95. The van der Waals surface area contributed by atoms with E-state index in [1.54, 1.807) is 12.1 Å². The van der Waals surface area contributed by atoms with Gasteiger partial charge in [-0.1, -0.05) is 12.1 Å². The fourth-order valence-electron chi connectivity index (χ4n) is 1.46. The Morgan fingerprint density at radius 1 is 1.21 bits per heavy atom. The Morgan fingerprint density at radius 2 is 1.79 bits per heavy atom.